The van der Waals surface area contributed by atoms with E-state index in [1.54, 1.807) is 45.0 Å². The van der Waals surface area contributed by atoms with E-state index < -0.39 is 44.1 Å². The van der Waals surface area contributed by atoms with Gasteiger partial charge in [-0.05, 0) is 57.5 Å². The van der Waals surface area contributed by atoms with Gasteiger partial charge in [-0.25, -0.2) is 17.6 Å². The highest BCUT2D eigenvalue weighted by molar-refractivity contribution is 7.92. The number of nitrogens with one attached hydrogen (secondary N) is 1. The highest BCUT2D eigenvalue weighted by Crippen LogP contribution is 2.57. The number of sulfone groups is 1. The van der Waals surface area contributed by atoms with Crippen molar-refractivity contribution in [2.45, 2.75) is 54.9 Å². The molecule has 30 heavy (non-hydrogen) atoms. The van der Waals surface area contributed by atoms with Crippen molar-refractivity contribution in [1.29, 1.82) is 0 Å². The topological polar surface area (TPSA) is 98.5 Å². The van der Waals surface area contributed by atoms with Gasteiger partial charge in [0.05, 0.1) is 10.4 Å². The van der Waals surface area contributed by atoms with Crippen molar-refractivity contribution in [1.82, 2.24) is 5.32 Å². The van der Waals surface area contributed by atoms with Gasteiger partial charge in [-0.1, -0.05) is 29.8 Å². The van der Waals surface area contributed by atoms with Gasteiger partial charge < -0.3 is 15.8 Å². The van der Waals surface area contributed by atoms with Crippen LogP contribution in [0.2, 0.25) is 0 Å². The van der Waals surface area contributed by atoms with Gasteiger partial charge in [-0.15, -0.1) is 0 Å². The Kier molecular flexibility index (Phi) is 5.68. The smallest absolute Gasteiger partial charge is 0.408 e. The van der Waals surface area contributed by atoms with Gasteiger partial charge in [0.1, 0.15) is 16.7 Å². The summed E-state index contributed by atoms with van der Waals surface area (Å²) in [4.78, 5) is 12.7. The maximum Gasteiger partial charge on any atom is 0.408 e. The molecular formula is C22H27FN2O4S. The van der Waals surface area contributed by atoms with Crippen LogP contribution in [0.5, 0.6) is 0 Å². The first-order valence-corrected chi connectivity index (χ1v) is 11.2. The molecule has 2 aromatic carbocycles. The quantitative estimate of drug-likeness (QED) is 0.752. The molecule has 1 aliphatic carbocycles. The molecule has 3 rings (SSSR count). The molecule has 1 amide bonds. The minimum absolute atomic E-state index is 0.121. The van der Waals surface area contributed by atoms with Crippen molar-refractivity contribution >= 4 is 15.9 Å². The van der Waals surface area contributed by atoms with Crippen LogP contribution in [0.1, 0.15) is 37.8 Å². The maximum atomic E-state index is 13.5. The summed E-state index contributed by atoms with van der Waals surface area (Å²) >= 11 is 0. The zero-order chi connectivity index (χ0) is 22.3. The minimum atomic E-state index is -3.84. The number of alkyl carbamates (subject to hydrolysis) is 1. The average Bonchev–Trinajstić information content (AvgIpc) is 3.30. The summed E-state index contributed by atoms with van der Waals surface area (Å²) in [7, 11) is -3.84. The van der Waals surface area contributed by atoms with E-state index in [1.165, 1.54) is 24.3 Å². The van der Waals surface area contributed by atoms with Crippen molar-refractivity contribution in [3.8, 4) is 0 Å². The molecular weight excluding hydrogens is 407 g/mol. The average molecular weight is 435 g/mol. The molecule has 162 valence electrons. The van der Waals surface area contributed by atoms with Crippen LogP contribution in [0.4, 0.5) is 9.18 Å². The molecule has 3 N–H and O–H groups in total. The predicted octanol–water partition coefficient (Wildman–Crippen LogP) is 3.30. The van der Waals surface area contributed by atoms with Crippen molar-refractivity contribution in [2.24, 2.45) is 5.73 Å². The Morgan fingerprint density at radius 2 is 1.70 bits per heavy atom. The van der Waals surface area contributed by atoms with Crippen LogP contribution >= 0.6 is 0 Å². The molecule has 0 aliphatic heterocycles. The lowest BCUT2D eigenvalue weighted by molar-refractivity contribution is 0.0497. The summed E-state index contributed by atoms with van der Waals surface area (Å²) in [5.74, 6) is -1.07. The van der Waals surface area contributed by atoms with E-state index in [-0.39, 0.29) is 11.4 Å². The minimum Gasteiger partial charge on any atom is -0.444 e. The number of amides is 1. The van der Waals surface area contributed by atoms with Gasteiger partial charge >= 0.3 is 6.09 Å². The Morgan fingerprint density at radius 3 is 2.20 bits per heavy atom. The van der Waals surface area contributed by atoms with Crippen molar-refractivity contribution in [2.75, 3.05) is 6.54 Å². The third-order valence-corrected chi connectivity index (χ3v) is 7.53. The van der Waals surface area contributed by atoms with Crippen LogP contribution in [0.15, 0.2) is 53.4 Å². The van der Waals surface area contributed by atoms with E-state index in [1.807, 2.05) is 6.92 Å². The molecule has 2 aromatic rings. The zero-order valence-corrected chi connectivity index (χ0v) is 18.3. The number of halogens is 1. The largest absolute Gasteiger partial charge is 0.444 e. The molecule has 0 radical (unpaired) electrons. The molecule has 0 bridgehead atoms. The standard InChI is InChI=1S/C22H27FN2O4S/c1-14-5-11-17(12-6-14)30(27,28)19-18(15-7-9-16(23)10-8-15)22(19,13-24)25-20(26)29-21(2,3)4/h5-12,18-19H,13,24H2,1-4H3,(H,25,26)/t18-,19+,22+/m0/s1. The van der Waals surface area contributed by atoms with Gasteiger partial charge in [-0.2, -0.15) is 0 Å². The van der Waals surface area contributed by atoms with E-state index >= 15 is 0 Å². The zero-order valence-electron chi connectivity index (χ0n) is 17.5. The highest BCUT2D eigenvalue weighted by atomic mass is 32.2. The molecule has 0 saturated heterocycles. The lowest BCUT2D eigenvalue weighted by Gasteiger charge is -2.24. The van der Waals surface area contributed by atoms with Crippen LogP contribution < -0.4 is 11.1 Å². The van der Waals surface area contributed by atoms with Crippen molar-refractivity contribution < 1.29 is 22.3 Å². The van der Waals surface area contributed by atoms with Crippen molar-refractivity contribution in [3.63, 3.8) is 0 Å². The SMILES string of the molecule is Cc1ccc(S(=O)(=O)[C@@H]2[C@H](c3ccc(F)cc3)[C@@]2(CN)NC(=O)OC(C)(C)C)cc1. The summed E-state index contributed by atoms with van der Waals surface area (Å²) in [5.41, 5.74) is 5.51. The normalized spacial score (nSPS) is 23.7. The number of carbonyl (C=O) groups excluding carboxylic acids is 1. The molecule has 3 atom stereocenters. The summed E-state index contributed by atoms with van der Waals surface area (Å²) in [5, 5.41) is 1.71. The second-order valence-electron chi connectivity index (χ2n) is 8.68. The highest BCUT2D eigenvalue weighted by Gasteiger charge is 2.71. The molecule has 0 spiro atoms. The van der Waals surface area contributed by atoms with Crippen LogP contribution in [-0.2, 0) is 14.6 Å². The van der Waals surface area contributed by atoms with Gasteiger partial charge in [0.15, 0.2) is 9.84 Å². The number of hydrogen-bond donors (Lipinski definition) is 2. The predicted molar refractivity (Wildman–Crippen MR) is 112 cm³/mol. The Labute approximate surface area is 176 Å². The maximum absolute atomic E-state index is 13.5. The Bertz CT molecular complexity index is 1030. The number of ether oxygens (including phenoxy) is 1. The van der Waals surface area contributed by atoms with E-state index in [2.05, 4.69) is 5.32 Å². The second kappa shape index (κ2) is 7.67. The van der Waals surface area contributed by atoms with Crippen LogP contribution in [0.25, 0.3) is 0 Å². The third-order valence-electron chi connectivity index (χ3n) is 5.24. The van der Waals surface area contributed by atoms with Crippen LogP contribution in [0.3, 0.4) is 0 Å². The molecule has 1 saturated carbocycles. The summed E-state index contributed by atoms with van der Waals surface area (Å²) in [6, 6.07) is 12.1. The number of rotatable bonds is 5. The second-order valence-corrected chi connectivity index (χ2v) is 10.7. The Morgan fingerprint density at radius 1 is 1.13 bits per heavy atom. The molecule has 0 aromatic heterocycles. The monoisotopic (exact) mass is 434 g/mol. The molecule has 8 heteroatoms. The number of benzene rings is 2. The van der Waals surface area contributed by atoms with Gasteiger partial charge in [-0.3, -0.25) is 0 Å². The van der Waals surface area contributed by atoms with E-state index in [0.29, 0.717) is 5.56 Å². The first-order chi connectivity index (χ1) is 13.9. The fourth-order valence-corrected chi connectivity index (χ4v) is 6.16. The third kappa shape index (κ3) is 4.20. The lowest BCUT2D eigenvalue weighted by Crippen LogP contribution is -2.49. The summed E-state index contributed by atoms with van der Waals surface area (Å²) in [6.45, 7) is 6.89. The molecule has 6 nitrogen and oxygen atoms in total. The number of hydrogen-bond acceptors (Lipinski definition) is 5. The van der Waals surface area contributed by atoms with E-state index in [0.717, 1.165) is 5.56 Å². The summed E-state index contributed by atoms with van der Waals surface area (Å²) < 4.78 is 45.7. The van der Waals surface area contributed by atoms with Gasteiger partial charge in [0.25, 0.3) is 0 Å². The van der Waals surface area contributed by atoms with Crippen LogP contribution in [-0.4, -0.2) is 37.4 Å². The Balaban J connectivity index is 2.03. The lowest BCUT2D eigenvalue weighted by atomic mass is 10.1. The molecule has 1 fully saturated rings. The van der Waals surface area contributed by atoms with Crippen LogP contribution in [0, 0.1) is 12.7 Å². The van der Waals surface area contributed by atoms with Gasteiger partial charge in [0.2, 0.25) is 0 Å². The first-order valence-electron chi connectivity index (χ1n) is 9.68. The van der Waals surface area contributed by atoms with Crippen molar-refractivity contribution in [3.05, 3.63) is 65.5 Å². The molecule has 1 aliphatic rings. The number of carbonyl (C=O) groups is 1. The Hall–Kier alpha value is -2.45. The number of nitrogens with two attached hydrogens (primary N) is 1. The summed E-state index contributed by atoms with van der Waals surface area (Å²) in [6.07, 6.45) is -0.748. The number of aryl methyl sites for hydroxylation is 1. The first kappa shape index (κ1) is 22.2. The molecule has 0 heterocycles. The molecule has 0 unspecified atom stereocenters. The van der Waals surface area contributed by atoms with E-state index in [9.17, 15) is 17.6 Å². The fraction of sp³-hybridized carbons (Fsp3) is 0.409. The van der Waals surface area contributed by atoms with E-state index in [4.69, 9.17) is 10.5 Å². The van der Waals surface area contributed by atoms with Gasteiger partial charge in [0, 0.05) is 12.5 Å². The fourth-order valence-electron chi connectivity index (χ4n) is 3.81.